The zero-order valence-electron chi connectivity index (χ0n) is 11.2. The van der Waals surface area contributed by atoms with Crippen LogP contribution in [0.3, 0.4) is 0 Å². The average Bonchev–Trinajstić information content (AvgIpc) is 2.41. The summed E-state index contributed by atoms with van der Waals surface area (Å²) in [5.74, 6) is -2.10. The highest BCUT2D eigenvalue weighted by Crippen LogP contribution is 2.28. The van der Waals surface area contributed by atoms with Gasteiger partial charge < -0.3 is 15.7 Å². The molecule has 1 heterocycles. The molecular weight excluding hydrogens is 263 g/mol. The average molecular weight is 280 g/mol. The highest BCUT2D eigenvalue weighted by atomic mass is 19.1. The number of carbonyl (C=O) groups is 2. The van der Waals surface area contributed by atoms with Gasteiger partial charge in [-0.2, -0.15) is 0 Å². The summed E-state index contributed by atoms with van der Waals surface area (Å²) in [4.78, 5) is 23.1. The molecule has 5 nitrogen and oxygen atoms in total. The normalized spacial score (nSPS) is 22.3. The summed E-state index contributed by atoms with van der Waals surface area (Å²) < 4.78 is 13.7. The SMILES string of the molecule is CC1(C(=O)Nc2cc(C(=O)O)ccc2F)CCCNC1. The van der Waals surface area contributed by atoms with Gasteiger partial charge in [0.1, 0.15) is 5.82 Å². The Balaban J connectivity index is 2.18. The van der Waals surface area contributed by atoms with Gasteiger partial charge in [-0.25, -0.2) is 9.18 Å². The van der Waals surface area contributed by atoms with Crippen molar-refractivity contribution in [2.45, 2.75) is 19.8 Å². The second-order valence-corrected chi connectivity index (χ2v) is 5.29. The van der Waals surface area contributed by atoms with E-state index in [2.05, 4.69) is 10.6 Å². The van der Waals surface area contributed by atoms with Gasteiger partial charge in [-0.05, 0) is 44.5 Å². The van der Waals surface area contributed by atoms with Crippen molar-refractivity contribution in [3.8, 4) is 0 Å². The fraction of sp³-hybridized carbons (Fsp3) is 0.429. The number of benzene rings is 1. The standard InChI is InChI=1S/C14H17FN2O3/c1-14(5-2-6-16-8-14)13(20)17-11-7-9(12(18)19)3-4-10(11)15/h3-4,7,16H,2,5-6,8H2,1H3,(H,17,20)(H,18,19). The number of nitrogens with one attached hydrogen (secondary N) is 2. The molecule has 1 amide bonds. The maximum Gasteiger partial charge on any atom is 0.335 e. The summed E-state index contributed by atoms with van der Waals surface area (Å²) in [5, 5.41) is 14.5. The first-order chi connectivity index (χ1) is 9.42. The Labute approximate surface area is 116 Å². The number of hydrogen-bond donors (Lipinski definition) is 3. The number of piperidine rings is 1. The molecule has 0 radical (unpaired) electrons. The Hall–Kier alpha value is -1.95. The van der Waals surface area contributed by atoms with Crippen molar-refractivity contribution in [3.05, 3.63) is 29.6 Å². The van der Waals surface area contributed by atoms with Crippen molar-refractivity contribution < 1.29 is 19.1 Å². The van der Waals surface area contributed by atoms with Gasteiger partial charge in [0.15, 0.2) is 0 Å². The highest BCUT2D eigenvalue weighted by molar-refractivity contribution is 5.97. The van der Waals surface area contributed by atoms with Crippen molar-refractivity contribution in [1.82, 2.24) is 5.32 Å². The summed E-state index contributed by atoms with van der Waals surface area (Å²) in [5.41, 5.74) is -0.764. The largest absolute Gasteiger partial charge is 0.478 e. The Morgan fingerprint density at radius 2 is 2.20 bits per heavy atom. The molecule has 1 aliphatic rings. The number of carboxylic acid groups (broad SMARTS) is 1. The van der Waals surface area contributed by atoms with Crippen LogP contribution in [0.2, 0.25) is 0 Å². The van der Waals surface area contributed by atoms with E-state index in [0.29, 0.717) is 13.0 Å². The molecule has 1 saturated heterocycles. The first-order valence-corrected chi connectivity index (χ1v) is 6.47. The summed E-state index contributed by atoms with van der Waals surface area (Å²) in [7, 11) is 0. The molecule has 1 atom stereocenters. The summed E-state index contributed by atoms with van der Waals surface area (Å²) >= 11 is 0. The Morgan fingerprint density at radius 1 is 1.45 bits per heavy atom. The van der Waals surface area contributed by atoms with Crippen LogP contribution in [-0.2, 0) is 4.79 Å². The lowest BCUT2D eigenvalue weighted by atomic mass is 9.82. The van der Waals surface area contributed by atoms with Gasteiger partial charge in [-0.15, -0.1) is 0 Å². The lowest BCUT2D eigenvalue weighted by molar-refractivity contribution is -0.125. The molecule has 6 heteroatoms. The van der Waals surface area contributed by atoms with Gasteiger partial charge >= 0.3 is 5.97 Å². The lowest BCUT2D eigenvalue weighted by Gasteiger charge is -2.32. The molecule has 1 aliphatic heterocycles. The number of hydrogen-bond acceptors (Lipinski definition) is 3. The van der Waals surface area contributed by atoms with E-state index >= 15 is 0 Å². The van der Waals surface area contributed by atoms with Gasteiger partial charge in [0, 0.05) is 6.54 Å². The van der Waals surface area contributed by atoms with E-state index in [1.54, 1.807) is 0 Å². The number of rotatable bonds is 3. The molecule has 0 saturated carbocycles. The van der Waals surface area contributed by atoms with Gasteiger partial charge in [0.2, 0.25) is 5.91 Å². The topological polar surface area (TPSA) is 78.4 Å². The maximum absolute atomic E-state index is 13.7. The van der Waals surface area contributed by atoms with E-state index in [1.807, 2.05) is 6.92 Å². The highest BCUT2D eigenvalue weighted by Gasteiger charge is 2.35. The van der Waals surface area contributed by atoms with Crippen LogP contribution in [0.25, 0.3) is 0 Å². The molecular formula is C14H17FN2O3. The van der Waals surface area contributed by atoms with E-state index in [-0.39, 0.29) is 17.2 Å². The molecule has 0 bridgehead atoms. The van der Waals surface area contributed by atoms with Crippen molar-refractivity contribution in [2.75, 3.05) is 18.4 Å². The second-order valence-electron chi connectivity index (χ2n) is 5.29. The minimum Gasteiger partial charge on any atom is -0.478 e. The summed E-state index contributed by atoms with van der Waals surface area (Å²) in [6.07, 6.45) is 1.59. The zero-order chi connectivity index (χ0) is 14.8. The van der Waals surface area contributed by atoms with Crippen LogP contribution >= 0.6 is 0 Å². The lowest BCUT2D eigenvalue weighted by Crippen LogP contribution is -2.46. The predicted molar refractivity (Wildman–Crippen MR) is 72.2 cm³/mol. The van der Waals surface area contributed by atoms with Gasteiger partial charge in [0.05, 0.1) is 16.7 Å². The molecule has 0 aliphatic carbocycles. The number of carboxylic acids is 1. The van der Waals surface area contributed by atoms with Gasteiger partial charge in [-0.1, -0.05) is 0 Å². The maximum atomic E-state index is 13.7. The van der Waals surface area contributed by atoms with Crippen LogP contribution in [0.5, 0.6) is 0 Å². The van der Waals surface area contributed by atoms with E-state index < -0.39 is 17.2 Å². The third-order valence-electron chi connectivity index (χ3n) is 3.61. The fourth-order valence-electron chi connectivity index (χ4n) is 2.28. The van der Waals surface area contributed by atoms with E-state index in [0.717, 1.165) is 31.2 Å². The van der Waals surface area contributed by atoms with Crippen molar-refractivity contribution >= 4 is 17.6 Å². The van der Waals surface area contributed by atoms with Gasteiger partial charge in [-0.3, -0.25) is 4.79 Å². The Bertz CT molecular complexity index is 539. The zero-order valence-corrected chi connectivity index (χ0v) is 11.2. The van der Waals surface area contributed by atoms with Crippen LogP contribution < -0.4 is 10.6 Å². The Morgan fingerprint density at radius 3 is 2.80 bits per heavy atom. The number of halogens is 1. The third kappa shape index (κ3) is 2.96. The molecule has 0 spiro atoms. The number of amides is 1. The third-order valence-corrected chi connectivity index (χ3v) is 3.61. The van der Waals surface area contributed by atoms with Crippen LogP contribution in [0.1, 0.15) is 30.1 Å². The van der Waals surface area contributed by atoms with Crippen LogP contribution in [0.4, 0.5) is 10.1 Å². The van der Waals surface area contributed by atoms with Gasteiger partial charge in [0.25, 0.3) is 0 Å². The fourth-order valence-corrected chi connectivity index (χ4v) is 2.28. The number of carbonyl (C=O) groups excluding carboxylic acids is 1. The van der Waals surface area contributed by atoms with E-state index in [4.69, 9.17) is 5.11 Å². The molecule has 3 N–H and O–H groups in total. The molecule has 1 unspecified atom stereocenters. The quantitative estimate of drug-likeness (QED) is 0.789. The molecule has 2 rings (SSSR count). The van der Waals surface area contributed by atoms with Crippen molar-refractivity contribution in [3.63, 3.8) is 0 Å². The van der Waals surface area contributed by atoms with Crippen LogP contribution in [0.15, 0.2) is 18.2 Å². The molecule has 1 aromatic carbocycles. The molecule has 1 aromatic rings. The first kappa shape index (κ1) is 14.5. The summed E-state index contributed by atoms with van der Waals surface area (Å²) in [6, 6.07) is 3.34. The first-order valence-electron chi connectivity index (χ1n) is 6.47. The monoisotopic (exact) mass is 280 g/mol. The molecule has 20 heavy (non-hydrogen) atoms. The Kier molecular flexibility index (Phi) is 4.04. The minimum atomic E-state index is -1.16. The second kappa shape index (κ2) is 5.58. The van der Waals surface area contributed by atoms with Crippen molar-refractivity contribution in [2.24, 2.45) is 5.41 Å². The van der Waals surface area contributed by atoms with Crippen molar-refractivity contribution in [1.29, 1.82) is 0 Å². The molecule has 108 valence electrons. The number of aromatic carboxylic acids is 1. The predicted octanol–water partition coefficient (Wildman–Crippen LogP) is 1.85. The smallest absolute Gasteiger partial charge is 0.335 e. The summed E-state index contributed by atoms with van der Waals surface area (Å²) in [6.45, 7) is 3.21. The minimum absolute atomic E-state index is 0.0615. The van der Waals surface area contributed by atoms with E-state index in [9.17, 15) is 14.0 Å². The van der Waals surface area contributed by atoms with Crippen LogP contribution in [-0.4, -0.2) is 30.1 Å². The molecule has 0 aromatic heterocycles. The molecule has 1 fully saturated rings. The van der Waals surface area contributed by atoms with Crippen LogP contribution in [0, 0.1) is 11.2 Å². The number of anilines is 1. The van der Waals surface area contributed by atoms with E-state index in [1.165, 1.54) is 0 Å².